The van der Waals surface area contributed by atoms with Gasteiger partial charge in [0.1, 0.15) is 11.5 Å². The lowest BCUT2D eigenvalue weighted by Crippen LogP contribution is -2.10. The molecule has 2 aliphatic carbocycles. The fourth-order valence-corrected chi connectivity index (χ4v) is 5.97. The van der Waals surface area contributed by atoms with E-state index in [0.717, 1.165) is 24.4 Å². The van der Waals surface area contributed by atoms with Crippen molar-refractivity contribution in [2.24, 2.45) is 5.92 Å². The Balaban J connectivity index is 1.53. The summed E-state index contributed by atoms with van der Waals surface area (Å²) in [6.45, 7) is 15.7. The summed E-state index contributed by atoms with van der Waals surface area (Å²) in [4.78, 5) is 0. The van der Waals surface area contributed by atoms with Gasteiger partial charge in [0.05, 0.1) is 0 Å². The van der Waals surface area contributed by atoms with Crippen LogP contribution in [0.5, 0.6) is 0 Å². The lowest BCUT2D eigenvalue weighted by atomic mass is 9.83. The maximum absolute atomic E-state index is 6.17. The van der Waals surface area contributed by atoms with Crippen molar-refractivity contribution in [3.63, 3.8) is 0 Å². The van der Waals surface area contributed by atoms with Gasteiger partial charge in [0.2, 0.25) is 0 Å². The molecule has 2 aliphatic rings. The summed E-state index contributed by atoms with van der Waals surface area (Å²) in [5, 5.41) is 0. The lowest BCUT2D eigenvalue weighted by molar-refractivity contribution is 0.512. The molecule has 0 saturated heterocycles. The zero-order valence-corrected chi connectivity index (χ0v) is 22.3. The third kappa shape index (κ3) is 4.38. The van der Waals surface area contributed by atoms with Gasteiger partial charge in [-0.1, -0.05) is 86.0 Å². The highest BCUT2D eigenvalue weighted by Crippen LogP contribution is 2.49. The SMILES string of the molecule is CC1=CC(C)=C(C)C1CCC1C(c2ccc(C)o2)=Cc2c(-c3ccc(C(C)(C)C)cc3)cccc21. The summed E-state index contributed by atoms with van der Waals surface area (Å²) in [6.07, 6.45) is 7.05. The Labute approximate surface area is 211 Å². The molecule has 1 heterocycles. The van der Waals surface area contributed by atoms with Crippen molar-refractivity contribution in [1.29, 1.82) is 0 Å². The van der Waals surface area contributed by atoms with Gasteiger partial charge in [-0.25, -0.2) is 0 Å². The van der Waals surface area contributed by atoms with Crippen LogP contribution in [-0.4, -0.2) is 0 Å². The van der Waals surface area contributed by atoms with Gasteiger partial charge < -0.3 is 4.42 Å². The van der Waals surface area contributed by atoms with Gasteiger partial charge in [-0.3, -0.25) is 0 Å². The Morgan fingerprint density at radius 1 is 0.771 bits per heavy atom. The first kappa shape index (κ1) is 23.7. The zero-order valence-electron chi connectivity index (χ0n) is 22.3. The minimum absolute atomic E-state index is 0.157. The molecule has 5 rings (SSSR count). The summed E-state index contributed by atoms with van der Waals surface area (Å²) >= 11 is 0. The zero-order chi connectivity index (χ0) is 24.9. The van der Waals surface area contributed by atoms with Gasteiger partial charge in [-0.2, -0.15) is 0 Å². The maximum atomic E-state index is 6.17. The molecule has 0 aliphatic heterocycles. The number of allylic oxidation sites excluding steroid dienone is 5. The van der Waals surface area contributed by atoms with E-state index in [-0.39, 0.29) is 5.41 Å². The van der Waals surface area contributed by atoms with Gasteiger partial charge in [0.25, 0.3) is 0 Å². The predicted octanol–water partition coefficient (Wildman–Crippen LogP) is 9.88. The van der Waals surface area contributed by atoms with Crippen LogP contribution in [0.2, 0.25) is 0 Å². The number of furan rings is 1. The number of benzene rings is 2. The molecule has 180 valence electrons. The molecule has 2 aromatic carbocycles. The molecule has 35 heavy (non-hydrogen) atoms. The van der Waals surface area contributed by atoms with Gasteiger partial charge >= 0.3 is 0 Å². The van der Waals surface area contributed by atoms with Crippen molar-refractivity contribution >= 4 is 11.6 Å². The van der Waals surface area contributed by atoms with E-state index in [0.29, 0.717) is 11.8 Å². The molecule has 2 atom stereocenters. The first-order valence-corrected chi connectivity index (χ1v) is 13.0. The summed E-state index contributed by atoms with van der Waals surface area (Å²) in [5.41, 5.74) is 12.7. The fourth-order valence-electron chi connectivity index (χ4n) is 5.97. The van der Waals surface area contributed by atoms with E-state index < -0.39 is 0 Å². The molecular weight excluding hydrogens is 424 g/mol. The smallest absolute Gasteiger partial charge is 0.130 e. The summed E-state index contributed by atoms with van der Waals surface area (Å²) < 4.78 is 6.17. The first-order chi connectivity index (χ1) is 16.6. The lowest BCUT2D eigenvalue weighted by Gasteiger charge is -2.21. The highest BCUT2D eigenvalue weighted by atomic mass is 16.3. The number of fused-ring (bicyclic) bond motifs is 1. The molecule has 1 aromatic heterocycles. The molecule has 0 spiro atoms. The normalized spacial score (nSPS) is 19.7. The van der Waals surface area contributed by atoms with Crippen molar-refractivity contribution in [1.82, 2.24) is 0 Å². The van der Waals surface area contributed by atoms with Crippen molar-refractivity contribution in [2.75, 3.05) is 0 Å². The van der Waals surface area contributed by atoms with Crippen LogP contribution in [-0.2, 0) is 5.41 Å². The van der Waals surface area contributed by atoms with Gasteiger partial charge in [0, 0.05) is 17.4 Å². The quantitative estimate of drug-likeness (QED) is 0.368. The van der Waals surface area contributed by atoms with E-state index in [4.69, 9.17) is 4.42 Å². The second-order valence-electron chi connectivity index (χ2n) is 11.6. The van der Waals surface area contributed by atoms with Crippen molar-refractivity contribution in [2.45, 2.75) is 72.6 Å². The highest BCUT2D eigenvalue weighted by Gasteiger charge is 2.31. The predicted molar refractivity (Wildman–Crippen MR) is 149 cm³/mol. The minimum Gasteiger partial charge on any atom is -0.462 e. The monoisotopic (exact) mass is 462 g/mol. The maximum Gasteiger partial charge on any atom is 0.130 e. The van der Waals surface area contributed by atoms with Gasteiger partial charge in [-0.15, -0.1) is 0 Å². The Kier molecular flexibility index (Phi) is 5.99. The molecule has 0 bridgehead atoms. The topological polar surface area (TPSA) is 13.1 Å². The second-order valence-corrected chi connectivity index (χ2v) is 11.6. The highest BCUT2D eigenvalue weighted by molar-refractivity contribution is 5.95. The van der Waals surface area contributed by atoms with E-state index in [1.165, 1.54) is 50.1 Å². The number of hydrogen-bond donors (Lipinski definition) is 0. The van der Waals surface area contributed by atoms with E-state index in [2.05, 4.69) is 108 Å². The Hall–Kier alpha value is -3.06. The van der Waals surface area contributed by atoms with Crippen molar-refractivity contribution in [3.05, 3.63) is 106 Å². The Morgan fingerprint density at radius 3 is 2.09 bits per heavy atom. The van der Waals surface area contributed by atoms with Crippen LogP contribution in [0.3, 0.4) is 0 Å². The molecule has 0 saturated carbocycles. The number of aryl methyl sites for hydroxylation is 1. The van der Waals surface area contributed by atoms with E-state index in [1.54, 1.807) is 0 Å². The third-order valence-electron chi connectivity index (χ3n) is 8.16. The van der Waals surface area contributed by atoms with Crippen LogP contribution in [0, 0.1) is 12.8 Å². The molecule has 1 heteroatoms. The molecule has 3 aromatic rings. The minimum atomic E-state index is 0.157. The van der Waals surface area contributed by atoms with Crippen LogP contribution in [0.25, 0.3) is 22.8 Å². The largest absolute Gasteiger partial charge is 0.462 e. The molecule has 1 nitrogen and oxygen atoms in total. The van der Waals surface area contributed by atoms with E-state index in [9.17, 15) is 0 Å². The van der Waals surface area contributed by atoms with Crippen molar-refractivity contribution < 1.29 is 4.42 Å². The number of hydrogen-bond acceptors (Lipinski definition) is 1. The van der Waals surface area contributed by atoms with Gasteiger partial charge in [-0.05, 0) is 92.0 Å². The first-order valence-electron chi connectivity index (χ1n) is 13.0. The molecule has 0 N–H and O–H groups in total. The van der Waals surface area contributed by atoms with E-state index in [1.807, 2.05) is 6.92 Å². The van der Waals surface area contributed by atoms with Gasteiger partial charge in [0.15, 0.2) is 0 Å². The molecule has 2 unspecified atom stereocenters. The Bertz CT molecular complexity index is 1350. The molecule has 0 amide bonds. The van der Waals surface area contributed by atoms with Crippen LogP contribution in [0.15, 0.2) is 81.8 Å². The standard InChI is InChI=1S/C34H38O/c1-21-19-22(2)27(24(21)4)16-17-30-29-10-8-9-28(25-12-14-26(15-13-25)34(5,6)7)31(29)20-32(30)33-18-11-23(3)35-33/h8-15,18-20,27,30H,16-17H2,1-7H3. The number of rotatable bonds is 5. The van der Waals surface area contributed by atoms with Crippen LogP contribution in [0.4, 0.5) is 0 Å². The molecule has 0 fully saturated rings. The summed E-state index contributed by atoms with van der Waals surface area (Å²) in [5.74, 6) is 2.90. The van der Waals surface area contributed by atoms with Crippen LogP contribution in [0.1, 0.15) is 88.5 Å². The van der Waals surface area contributed by atoms with Crippen LogP contribution < -0.4 is 0 Å². The Morgan fingerprint density at radius 2 is 1.49 bits per heavy atom. The average Bonchev–Trinajstić information content (AvgIpc) is 3.48. The third-order valence-corrected chi connectivity index (χ3v) is 8.16. The van der Waals surface area contributed by atoms with Crippen LogP contribution >= 0.6 is 0 Å². The van der Waals surface area contributed by atoms with Crippen molar-refractivity contribution in [3.8, 4) is 11.1 Å². The fraction of sp³-hybridized carbons (Fsp3) is 0.353. The molecular formula is C34H38O. The molecule has 0 radical (unpaired) electrons. The summed E-state index contributed by atoms with van der Waals surface area (Å²) in [7, 11) is 0. The average molecular weight is 463 g/mol. The van der Waals surface area contributed by atoms with E-state index >= 15 is 0 Å². The second kappa shape index (κ2) is 8.86. The summed E-state index contributed by atoms with van der Waals surface area (Å²) in [6, 6.07) is 20.2.